The summed E-state index contributed by atoms with van der Waals surface area (Å²) in [4.78, 5) is 12.3. The maximum absolute atomic E-state index is 12.3. The number of hydrogen-bond donors (Lipinski definition) is 0. The van der Waals surface area contributed by atoms with Crippen molar-refractivity contribution in [2.75, 3.05) is 6.61 Å². The third kappa shape index (κ3) is 2.54. The number of carbonyl (C=O) groups excluding carboxylic acids is 1. The Balaban J connectivity index is 2.00. The van der Waals surface area contributed by atoms with Crippen molar-refractivity contribution in [2.24, 2.45) is 5.92 Å². The second kappa shape index (κ2) is 5.82. The van der Waals surface area contributed by atoms with Gasteiger partial charge in [0.2, 0.25) is 0 Å². The highest BCUT2D eigenvalue weighted by molar-refractivity contribution is 5.85. The van der Waals surface area contributed by atoms with Crippen LogP contribution in [0.25, 0.3) is 0 Å². The lowest BCUT2D eigenvalue weighted by molar-refractivity contribution is -0.150. The van der Waals surface area contributed by atoms with Crippen molar-refractivity contribution in [3.05, 3.63) is 0 Å². The molecule has 110 valence electrons. The SMILES string of the molecule is CCCC1CCC2(CC1)OC2(CCC)C(=O)OCC. The van der Waals surface area contributed by atoms with E-state index in [0.29, 0.717) is 6.61 Å². The fourth-order valence-corrected chi connectivity index (χ4v) is 3.86. The van der Waals surface area contributed by atoms with Crippen LogP contribution in [-0.4, -0.2) is 23.8 Å². The molecule has 1 atom stereocenters. The van der Waals surface area contributed by atoms with Crippen LogP contribution in [0.4, 0.5) is 0 Å². The molecule has 1 aliphatic carbocycles. The van der Waals surface area contributed by atoms with E-state index in [4.69, 9.17) is 9.47 Å². The van der Waals surface area contributed by atoms with E-state index in [1.807, 2.05) is 6.92 Å². The van der Waals surface area contributed by atoms with Crippen LogP contribution in [0, 0.1) is 5.92 Å². The molecule has 3 heteroatoms. The first kappa shape index (κ1) is 14.8. The van der Waals surface area contributed by atoms with Crippen LogP contribution in [-0.2, 0) is 14.3 Å². The zero-order valence-electron chi connectivity index (χ0n) is 12.7. The summed E-state index contributed by atoms with van der Waals surface area (Å²) in [6.07, 6.45) is 8.85. The summed E-state index contributed by atoms with van der Waals surface area (Å²) in [6, 6.07) is 0. The molecule has 1 unspecified atom stereocenters. The topological polar surface area (TPSA) is 38.8 Å². The first-order chi connectivity index (χ1) is 9.14. The van der Waals surface area contributed by atoms with E-state index in [-0.39, 0.29) is 11.6 Å². The maximum Gasteiger partial charge on any atom is 0.341 e. The van der Waals surface area contributed by atoms with E-state index in [9.17, 15) is 4.79 Å². The van der Waals surface area contributed by atoms with Gasteiger partial charge in [-0.25, -0.2) is 4.79 Å². The van der Waals surface area contributed by atoms with E-state index < -0.39 is 5.60 Å². The Kier molecular flexibility index (Phi) is 4.54. The summed E-state index contributed by atoms with van der Waals surface area (Å²) in [5, 5.41) is 0. The number of carbonyl (C=O) groups is 1. The van der Waals surface area contributed by atoms with Gasteiger partial charge in [0.1, 0.15) is 5.60 Å². The lowest BCUT2D eigenvalue weighted by atomic mass is 9.73. The average molecular weight is 268 g/mol. The van der Waals surface area contributed by atoms with Crippen molar-refractivity contribution in [3.8, 4) is 0 Å². The van der Waals surface area contributed by atoms with Crippen LogP contribution in [0.2, 0.25) is 0 Å². The Labute approximate surface area is 117 Å². The van der Waals surface area contributed by atoms with Crippen LogP contribution < -0.4 is 0 Å². The minimum Gasteiger partial charge on any atom is -0.464 e. The molecule has 0 aromatic carbocycles. The molecule has 0 bridgehead atoms. The molecule has 3 nitrogen and oxygen atoms in total. The molecule has 0 amide bonds. The van der Waals surface area contributed by atoms with Crippen molar-refractivity contribution in [1.29, 1.82) is 0 Å². The van der Waals surface area contributed by atoms with Gasteiger partial charge in [0.15, 0.2) is 5.60 Å². The second-order valence-corrected chi connectivity index (χ2v) is 6.13. The molecule has 19 heavy (non-hydrogen) atoms. The lowest BCUT2D eigenvalue weighted by Gasteiger charge is -2.28. The fraction of sp³-hybridized carbons (Fsp3) is 0.938. The van der Waals surface area contributed by atoms with E-state index in [0.717, 1.165) is 31.6 Å². The van der Waals surface area contributed by atoms with Gasteiger partial charge >= 0.3 is 5.97 Å². The second-order valence-electron chi connectivity index (χ2n) is 6.13. The Morgan fingerprint density at radius 2 is 1.89 bits per heavy atom. The molecule has 0 aromatic heterocycles. The predicted molar refractivity (Wildman–Crippen MR) is 75.0 cm³/mol. The van der Waals surface area contributed by atoms with Crippen molar-refractivity contribution >= 4 is 5.97 Å². The zero-order valence-corrected chi connectivity index (χ0v) is 12.7. The molecule has 2 fully saturated rings. The highest BCUT2D eigenvalue weighted by atomic mass is 16.7. The molecular weight excluding hydrogens is 240 g/mol. The quantitative estimate of drug-likeness (QED) is 0.542. The van der Waals surface area contributed by atoms with Gasteiger partial charge in [-0.3, -0.25) is 0 Å². The van der Waals surface area contributed by atoms with Crippen LogP contribution >= 0.6 is 0 Å². The van der Waals surface area contributed by atoms with Crippen LogP contribution in [0.1, 0.15) is 72.1 Å². The third-order valence-electron chi connectivity index (χ3n) is 4.88. The number of ether oxygens (including phenoxy) is 2. The van der Waals surface area contributed by atoms with Gasteiger partial charge in [-0.1, -0.05) is 33.1 Å². The molecule has 1 heterocycles. The Bertz CT molecular complexity index is 318. The van der Waals surface area contributed by atoms with Gasteiger partial charge in [0.05, 0.1) is 6.61 Å². The van der Waals surface area contributed by atoms with Crippen LogP contribution in [0.15, 0.2) is 0 Å². The van der Waals surface area contributed by atoms with Crippen molar-refractivity contribution in [3.63, 3.8) is 0 Å². The van der Waals surface area contributed by atoms with Crippen LogP contribution in [0.3, 0.4) is 0 Å². The minimum atomic E-state index is -0.602. The van der Waals surface area contributed by atoms with E-state index in [2.05, 4.69) is 13.8 Å². The van der Waals surface area contributed by atoms with Gasteiger partial charge in [0.25, 0.3) is 0 Å². The van der Waals surface area contributed by atoms with Gasteiger partial charge in [-0.2, -0.15) is 0 Å². The molecule has 2 rings (SSSR count). The third-order valence-corrected chi connectivity index (χ3v) is 4.88. The molecule has 0 aromatic rings. The molecule has 1 spiro atoms. The molecule has 0 radical (unpaired) electrons. The smallest absolute Gasteiger partial charge is 0.341 e. The zero-order chi connectivity index (χ0) is 13.9. The molecule has 0 N–H and O–H groups in total. The van der Waals surface area contributed by atoms with E-state index in [1.165, 1.54) is 25.7 Å². The predicted octanol–water partition coefficient (Wildman–Crippen LogP) is 3.85. The summed E-state index contributed by atoms with van der Waals surface area (Å²) >= 11 is 0. The van der Waals surface area contributed by atoms with Gasteiger partial charge in [-0.05, 0) is 44.9 Å². The number of hydrogen-bond acceptors (Lipinski definition) is 3. The standard InChI is InChI=1S/C16H28O3/c1-4-7-13-8-11-15(12-9-13)16(19-15,10-5-2)14(17)18-6-3/h13H,4-12H2,1-3H3. The molecular formula is C16H28O3. The molecule has 1 saturated heterocycles. The summed E-state index contributed by atoms with van der Waals surface area (Å²) < 4.78 is 11.3. The average Bonchev–Trinajstić information content (AvgIpc) is 3.02. The maximum atomic E-state index is 12.3. The van der Waals surface area contributed by atoms with Gasteiger partial charge in [-0.15, -0.1) is 0 Å². The Morgan fingerprint density at radius 3 is 2.42 bits per heavy atom. The van der Waals surface area contributed by atoms with Crippen molar-refractivity contribution in [1.82, 2.24) is 0 Å². The van der Waals surface area contributed by atoms with Crippen molar-refractivity contribution in [2.45, 2.75) is 83.3 Å². The van der Waals surface area contributed by atoms with Crippen molar-refractivity contribution < 1.29 is 14.3 Å². The highest BCUT2D eigenvalue weighted by Crippen LogP contribution is 2.60. The molecule has 2 aliphatic rings. The highest BCUT2D eigenvalue weighted by Gasteiger charge is 2.74. The number of rotatable bonds is 6. The first-order valence-corrected chi connectivity index (χ1v) is 8.01. The van der Waals surface area contributed by atoms with Gasteiger partial charge in [0, 0.05) is 0 Å². The summed E-state index contributed by atoms with van der Waals surface area (Å²) in [7, 11) is 0. The number of epoxide rings is 1. The van der Waals surface area contributed by atoms with E-state index >= 15 is 0 Å². The normalized spacial score (nSPS) is 37.3. The largest absolute Gasteiger partial charge is 0.464 e. The lowest BCUT2D eigenvalue weighted by Crippen LogP contribution is -2.38. The van der Waals surface area contributed by atoms with Gasteiger partial charge < -0.3 is 9.47 Å². The first-order valence-electron chi connectivity index (χ1n) is 8.01. The fourth-order valence-electron chi connectivity index (χ4n) is 3.86. The summed E-state index contributed by atoms with van der Waals surface area (Å²) in [5.74, 6) is 0.715. The van der Waals surface area contributed by atoms with Crippen LogP contribution in [0.5, 0.6) is 0 Å². The molecule has 1 aliphatic heterocycles. The minimum absolute atomic E-state index is 0.120. The van der Waals surface area contributed by atoms with E-state index in [1.54, 1.807) is 0 Å². The summed E-state index contributed by atoms with van der Waals surface area (Å²) in [6.45, 7) is 6.67. The monoisotopic (exact) mass is 268 g/mol. The number of esters is 1. The Hall–Kier alpha value is -0.570. The molecule has 1 saturated carbocycles. The Morgan fingerprint density at radius 1 is 1.21 bits per heavy atom. The summed E-state index contributed by atoms with van der Waals surface area (Å²) in [5.41, 5.74) is -0.783.